The van der Waals surface area contributed by atoms with Crippen LogP contribution >= 0.6 is 22.9 Å². The van der Waals surface area contributed by atoms with E-state index in [0.717, 1.165) is 23.1 Å². The van der Waals surface area contributed by atoms with Gasteiger partial charge in [-0.2, -0.15) is 5.10 Å². The van der Waals surface area contributed by atoms with E-state index in [9.17, 15) is 0 Å². The highest BCUT2D eigenvalue weighted by molar-refractivity contribution is 7.16. The van der Waals surface area contributed by atoms with E-state index in [1.165, 1.54) is 4.88 Å². The number of rotatable bonds is 5. The summed E-state index contributed by atoms with van der Waals surface area (Å²) < 4.78 is 2.81. The van der Waals surface area contributed by atoms with Crippen molar-refractivity contribution in [2.24, 2.45) is 0 Å². The van der Waals surface area contributed by atoms with Crippen molar-refractivity contribution in [2.45, 2.75) is 33.0 Å². The molecule has 2 aromatic rings. The third kappa shape index (κ3) is 3.56. The maximum Gasteiger partial charge on any atom is 0.0931 e. The number of nitrogens with one attached hydrogen (secondary N) is 1. The van der Waals surface area contributed by atoms with E-state index in [1.807, 2.05) is 23.0 Å². The number of hydrogen-bond acceptors (Lipinski definition) is 3. The molecule has 0 fully saturated rings. The van der Waals surface area contributed by atoms with E-state index >= 15 is 0 Å². The molecule has 0 saturated heterocycles. The standard InChI is InChI=1S/C12H16ClN3S/c1-9(2)16-6-5-10(15-16)7-14-8-11-3-4-12(13)17-11/h3-6,9,14H,7-8H2,1-2H3. The third-order valence-corrected chi connectivity index (χ3v) is 3.66. The molecule has 2 heterocycles. The van der Waals surface area contributed by atoms with Gasteiger partial charge < -0.3 is 5.32 Å². The minimum atomic E-state index is 0.417. The molecule has 92 valence electrons. The summed E-state index contributed by atoms with van der Waals surface area (Å²) >= 11 is 7.48. The SMILES string of the molecule is CC(C)n1ccc(CNCc2ccc(Cl)s2)n1. The molecule has 2 rings (SSSR count). The number of thiophene rings is 1. The van der Waals surface area contributed by atoms with Gasteiger partial charge in [0, 0.05) is 30.2 Å². The largest absolute Gasteiger partial charge is 0.306 e. The summed E-state index contributed by atoms with van der Waals surface area (Å²) in [7, 11) is 0. The predicted molar refractivity (Wildman–Crippen MR) is 72.5 cm³/mol. The molecule has 0 aliphatic rings. The van der Waals surface area contributed by atoms with Gasteiger partial charge >= 0.3 is 0 Å². The van der Waals surface area contributed by atoms with Crippen LogP contribution in [0.15, 0.2) is 24.4 Å². The summed E-state index contributed by atoms with van der Waals surface area (Å²) in [6, 6.07) is 6.44. The van der Waals surface area contributed by atoms with Crippen molar-refractivity contribution in [2.75, 3.05) is 0 Å². The second-order valence-corrected chi connectivity index (χ2v) is 5.99. The Bertz CT molecular complexity index is 476. The zero-order valence-electron chi connectivity index (χ0n) is 9.98. The summed E-state index contributed by atoms with van der Waals surface area (Å²) in [6.45, 7) is 5.87. The molecular formula is C12H16ClN3S. The summed E-state index contributed by atoms with van der Waals surface area (Å²) in [5.41, 5.74) is 1.07. The number of nitrogens with zero attached hydrogens (tertiary/aromatic N) is 2. The molecule has 0 aromatic carbocycles. The van der Waals surface area contributed by atoms with E-state index in [-0.39, 0.29) is 0 Å². The van der Waals surface area contributed by atoms with Crippen molar-refractivity contribution in [3.63, 3.8) is 0 Å². The second-order valence-electron chi connectivity index (χ2n) is 4.19. The van der Waals surface area contributed by atoms with Crippen LogP contribution in [0, 0.1) is 0 Å². The van der Waals surface area contributed by atoms with Gasteiger partial charge in [0.15, 0.2) is 0 Å². The maximum atomic E-state index is 5.87. The molecule has 0 bridgehead atoms. The molecule has 1 N–H and O–H groups in total. The summed E-state index contributed by atoms with van der Waals surface area (Å²) in [6.07, 6.45) is 2.02. The van der Waals surface area contributed by atoms with E-state index in [2.05, 4.69) is 30.3 Å². The van der Waals surface area contributed by atoms with Gasteiger partial charge in [-0.05, 0) is 32.0 Å². The van der Waals surface area contributed by atoms with Crippen LogP contribution in [0.3, 0.4) is 0 Å². The second kappa shape index (κ2) is 5.67. The summed E-state index contributed by atoms with van der Waals surface area (Å²) in [4.78, 5) is 1.25. The molecule has 0 aliphatic heterocycles. The smallest absolute Gasteiger partial charge is 0.0931 e. The molecule has 0 amide bonds. The van der Waals surface area contributed by atoms with Crippen LogP contribution in [0.4, 0.5) is 0 Å². The van der Waals surface area contributed by atoms with Crippen LogP contribution in [0.5, 0.6) is 0 Å². The fourth-order valence-electron chi connectivity index (χ4n) is 1.52. The highest BCUT2D eigenvalue weighted by atomic mass is 35.5. The van der Waals surface area contributed by atoms with Gasteiger partial charge in [-0.25, -0.2) is 0 Å². The zero-order chi connectivity index (χ0) is 12.3. The van der Waals surface area contributed by atoms with Gasteiger partial charge in [-0.1, -0.05) is 11.6 Å². The lowest BCUT2D eigenvalue weighted by Crippen LogP contribution is -2.13. The molecule has 0 atom stereocenters. The molecule has 3 nitrogen and oxygen atoms in total. The fraction of sp³-hybridized carbons (Fsp3) is 0.417. The zero-order valence-corrected chi connectivity index (χ0v) is 11.6. The van der Waals surface area contributed by atoms with Gasteiger partial charge in [0.2, 0.25) is 0 Å². The molecule has 0 aliphatic carbocycles. The van der Waals surface area contributed by atoms with Crippen molar-refractivity contribution >= 4 is 22.9 Å². The third-order valence-electron chi connectivity index (χ3n) is 2.43. The lowest BCUT2D eigenvalue weighted by molar-refractivity contribution is 0.521. The van der Waals surface area contributed by atoms with Crippen LogP contribution in [0.25, 0.3) is 0 Å². The van der Waals surface area contributed by atoms with Gasteiger partial charge in [0.05, 0.1) is 10.0 Å². The Labute approximate surface area is 110 Å². The Kier molecular flexibility index (Phi) is 4.20. The molecule has 0 radical (unpaired) electrons. The lowest BCUT2D eigenvalue weighted by Gasteiger charge is -2.04. The van der Waals surface area contributed by atoms with Gasteiger partial charge in [-0.15, -0.1) is 11.3 Å². The van der Waals surface area contributed by atoms with Crippen molar-refractivity contribution in [3.05, 3.63) is 39.3 Å². The van der Waals surface area contributed by atoms with Crippen molar-refractivity contribution in [1.29, 1.82) is 0 Å². The summed E-state index contributed by atoms with van der Waals surface area (Å²) in [5, 5.41) is 7.84. The number of halogens is 1. The Balaban J connectivity index is 1.81. The Morgan fingerprint density at radius 2 is 2.18 bits per heavy atom. The predicted octanol–water partition coefficient (Wildman–Crippen LogP) is 3.47. The highest BCUT2D eigenvalue weighted by Gasteiger charge is 2.02. The minimum Gasteiger partial charge on any atom is -0.306 e. The maximum absolute atomic E-state index is 5.87. The Morgan fingerprint density at radius 1 is 1.35 bits per heavy atom. The van der Waals surface area contributed by atoms with Crippen LogP contribution in [-0.4, -0.2) is 9.78 Å². The van der Waals surface area contributed by atoms with Gasteiger partial charge in [0.1, 0.15) is 0 Å². The number of hydrogen-bond donors (Lipinski definition) is 1. The first kappa shape index (κ1) is 12.6. The molecule has 5 heteroatoms. The van der Waals surface area contributed by atoms with Crippen molar-refractivity contribution in [3.8, 4) is 0 Å². The molecular weight excluding hydrogens is 254 g/mol. The average Bonchev–Trinajstić information content (AvgIpc) is 2.88. The van der Waals surface area contributed by atoms with Gasteiger partial charge in [0.25, 0.3) is 0 Å². The fourth-order valence-corrected chi connectivity index (χ4v) is 2.58. The molecule has 2 aromatic heterocycles. The van der Waals surface area contributed by atoms with Crippen LogP contribution < -0.4 is 5.32 Å². The average molecular weight is 270 g/mol. The van der Waals surface area contributed by atoms with Crippen LogP contribution in [0.1, 0.15) is 30.5 Å². The molecule has 0 spiro atoms. The first-order valence-electron chi connectivity index (χ1n) is 5.64. The normalized spacial score (nSPS) is 11.3. The molecule has 0 saturated carbocycles. The van der Waals surface area contributed by atoms with E-state index < -0.39 is 0 Å². The molecule has 17 heavy (non-hydrogen) atoms. The quantitative estimate of drug-likeness (QED) is 0.901. The van der Waals surface area contributed by atoms with E-state index in [4.69, 9.17) is 11.6 Å². The minimum absolute atomic E-state index is 0.417. The summed E-state index contributed by atoms with van der Waals surface area (Å²) in [5.74, 6) is 0. The topological polar surface area (TPSA) is 29.9 Å². The monoisotopic (exact) mass is 269 g/mol. The van der Waals surface area contributed by atoms with Crippen molar-refractivity contribution in [1.82, 2.24) is 15.1 Å². The Morgan fingerprint density at radius 3 is 2.76 bits per heavy atom. The van der Waals surface area contributed by atoms with Crippen LogP contribution in [0.2, 0.25) is 4.34 Å². The first-order chi connectivity index (χ1) is 8.15. The van der Waals surface area contributed by atoms with E-state index in [1.54, 1.807) is 11.3 Å². The molecule has 0 unspecified atom stereocenters. The van der Waals surface area contributed by atoms with Gasteiger partial charge in [-0.3, -0.25) is 4.68 Å². The van der Waals surface area contributed by atoms with Crippen LogP contribution in [-0.2, 0) is 13.1 Å². The Hall–Kier alpha value is -0.840. The number of aromatic nitrogens is 2. The van der Waals surface area contributed by atoms with E-state index in [0.29, 0.717) is 6.04 Å². The van der Waals surface area contributed by atoms with Crippen molar-refractivity contribution < 1.29 is 0 Å². The first-order valence-corrected chi connectivity index (χ1v) is 6.83. The lowest BCUT2D eigenvalue weighted by atomic mass is 10.4. The highest BCUT2D eigenvalue weighted by Crippen LogP contribution is 2.21.